The lowest BCUT2D eigenvalue weighted by atomic mass is 9.86. The van der Waals surface area contributed by atoms with Crippen LogP contribution in [-0.4, -0.2) is 15.5 Å². The minimum Gasteiger partial charge on any atom is -0.338 e. The molecule has 0 radical (unpaired) electrons. The molecule has 1 unspecified atom stereocenters. The van der Waals surface area contributed by atoms with Gasteiger partial charge in [-0.05, 0) is 28.7 Å². The molecule has 0 saturated heterocycles. The Morgan fingerprint density at radius 1 is 1.04 bits per heavy atom. The number of carbonyl (C=O) groups excluding carboxylic acids is 1. The Morgan fingerprint density at radius 2 is 1.69 bits per heavy atom. The van der Waals surface area contributed by atoms with Crippen molar-refractivity contribution in [1.82, 2.24) is 14.9 Å². The Morgan fingerprint density at radius 3 is 2.23 bits per heavy atom. The van der Waals surface area contributed by atoms with Crippen molar-refractivity contribution in [3.8, 4) is 0 Å². The van der Waals surface area contributed by atoms with Crippen LogP contribution in [0.5, 0.6) is 0 Å². The molecule has 0 saturated carbocycles. The average Bonchev–Trinajstić information content (AvgIpc) is 3.05. The van der Waals surface area contributed by atoms with E-state index in [0.29, 0.717) is 5.56 Å². The molecule has 1 aromatic heterocycles. The Hall–Kier alpha value is -2.88. The molecule has 134 valence electrons. The van der Waals surface area contributed by atoms with Crippen LogP contribution in [0.2, 0.25) is 0 Å². The highest BCUT2D eigenvalue weighted by atomic mass is 16.1. The van der Waals surface area contributed by atoms with Gasteiger partial charge in [0, 0.05) is 25.0 Å². The largest absolute Gasteiger partial charge is 0.338 e. The van der Waals surface area contributed by atoms with E-state index in [0.717, 1.165) is 11.4 Å². The van der Waals surface area contributed by atoms with E-state index in [9.17, 15) is 4.79 Å². The summed E-state index contributed by atoms with van der Waals surface area (Å²) in [7, 11) is 1.93. The maximum absolute atomic E-state index is 12.8. The molecule has 0 bridgehead atoms. The summed E-state index contributed by atoms with van der Waals surface area (Å²) in [5.41, 5.74) is 2.92. The predicted molar refractivity (Wildman–Crippen MR) is 104 cm³/mol. The molecule has 3 aromatic rings. The van der Waals surface area contributed by atoms with E-state index in [2.05, 4.69) is 31.1 Å². The first kappa shape index (κ1) is 17.9. The number of aromatic nitrogens is 2. The number of imidazole rings is 1. The molecule has 2 aromatic carbocycles. The Bertz CT molecular complexity index is 874. The highest BCUT2D eigenvalue weighted by molar-refractivity contribution is 5.94. The fourth-order valence-electron chi connectivity index (χ4n) is 2.93. The lowest BCUT2D eigenvalue weighted by molar-refractivity contribution is 0.0941. The van der Waals surface area contributed by atoms with Crippen molar-refractivity contribution in [2.75, 3.05) is 0 Å². The van der Waals surface area contributed by atoms with Gasteiger partial charge in [-0.1, -0.05) is 63.2 Å². The predicted octanol–water partition coefficient (Wildman–Crippen LogP) is 4.24. The number of nitrogens with zero attached hydrogens (tertiary/aromatic N) is 2. The smallest absolute Gasteiger partial charge is 0.252 e. The first-order valence-electron chi connectivity index (χ1n) is 8.80. The van der Waals surface area contributed by atoms with Crippen LogP contribution in [0.4, 0.5) is 0 Å². The van der Waals surface area contributed by atoms with E-state index in [-0.39, 0.29) is 17.4 Å². The van der Waals surface area contributed by atoms with Gasteiger partial charge in [-0.25, -0.2) is 4.98 Å². The van der Waals surface area contributed by atoms with Crippen LogP contribution in [0.1, 0.15) is 54.1 Å². The van der Waals surface area contributed by atoms with Gasteiger partial charge in [0.15, 0.2) is 0 Å². The standard InChI is InChI=1S/C22H25N3O/c1-22(2,3)18-12-10-17(11-13-18)21(26)24-19(16-8-6-5-7-9-16)20-23-14-15-25(20)4/h5-15,19H,1-4H3,(H,24,26). The second kappa shape index (κ2) is 7.16. The fraction of sp³-hybridized carbons (Fsp3) is 0.273. The van der Waals surface area contributed by atoms with Crippen LogP contribution >= 0.6 is 0 Å². The number of benzene rings is 2. The van der Waals surface area contributed by atoms with E-state index >= 15 is 0 Å². The van der Waals surface area contributed by atoms with Crippen molar-refractivity contribution in [3.63, 3.8) is 0 Å². The van der Waals surface area contributed by atoms with Gasteiger partial charge in [0.2, 0.25) is 0 Å². The van der Waals surface area contributed by atoms with Crippen molar-refractivity contribution in [2.24, 2.45) is 7.05 Å². The molecule has 4 heteroatoms. The third-order valence-electron chi connectivity index (χ3n) is 4.54. The minimum atomic E-state index is -0.300. The van der Waals surface area contributed by atoms with E-state index in [1.165, 1.54) is 5.56 Å². The van der Waals surface area contributed by atoms with Gasteiger partial charge in [0.25, 0.3) is 5.91 Å². The molecule has 0 aliphatic carbocycles. The van der Waals surface area contributed by atoms with Crippen LogP contribution in [0.15, 0.2) is 67.0 Å². The molecule has 0 fully saturated rings. The normalized spacial score (nSPS) is 12.6. The zero-order valence-electron chi connectivity index (χ0n) is 15.7. The zero-order chi connectivity index (χ0) is 18.7. The Balaban J connectivity index is 1.87. The van der Waals surface area contributed by atoms with Gasteiger partial charge in [-0.3, -0.25) is 4.79 Å². The summed E-state index contributed by atoms with van der Waals surface area (Å²) >= 11 is 0. The van der Waals surface area contributed by atoms with Crippen molar-refractivity contribution in [1.29, 1.82) is 0 Å². The molecule has 0 aliphatic rings. The fourth-order valence-corrected chi connectivity index (χ4v) is 2.93. The van der Waals surface area contributed by atoms with Crippen LogP contribution in [0.3, 0.4) is 0 Å². The van der Waals surface area contributed by atoms with E-state index in [1.54, 1.807) is 6.20 Å². The SMILES string of the molecule is Cn1ccnc1C(NC(=O)c1ccc(C(C)(C)C)cc1)c1ccccc1. The van der Waals surface area contributed by atoms with Crippen LogP contribution in [-0.2, 0) is 12.5 Å². The van der Waals surface area contributed by atoms with Crippen LogP contribution < -0.4 is 5.32 Å². The molecule has 0 aliphatic heterocycles. The first-order chi connectivity index (χ1) is 12.4. The van der Waals surface area contributed by atoms with Crippen LogP contribution in [0.25, 0.3) is 0 Å². The van der Waals surface area contributed by atoms with E-state index < -0.39 is 0 Å². The van der Waals surface area contributed by atoms with Gasteiger partial charge in [-0.15, -0.1) is 0 Å². The lowest BCUT2D eigenvalue weighted by Crippen LogP contribution is -2.31. The van der Waals surface area contributed by atoms with Gasteiger partial charge in [-0.2, -0.15) is 0 Å². The molecular weight excluding hydrogens is 322 g/mol. The number of carbonyl (C=O) groups is 1. The van der Waals surface area contributed by atoms with E-state index in [4.69, 9.17) is 0 Å². The van der Waals surface area contributed by atoms with Crippen molar-refractivity contribution >= 4 is 5.91 Å². The average molecular weight is 347 g/mol. The first-order valence-corrected chi connectivity index (χ1v) is 8.80. The highest BCUT2D eigenvalue weighted by Gasteiger charge is 2.21. The molecule has 0 spiro atoms. The number of hydrogen-bond acceptors (Lipinski definition) is 2. The second-order valence-electron chi connectivity index (χ2n) is 7.54. The maximum Gasteiger partial charge on any atom is 0.252 e. The summed E-state index contributed by atoms with van der Waals surface area (Å²) in [5, 5.41) is 3.13. The summed E-state index contributed by atoms with van der Waals surface area (Å²) in [5.74, 6) is 0.693. The number of hydrogen-bond donors (Lipinski definition) is 1. The molecule has 1 N–H and O–H groups in total. The number of rotatable bonds is 4. The van der Waals surface area contributed by atoms with Crippen molar-refractivity contribution < 1.29 is 4.79 Å². The van der Waals surface area contributed by atoms with Gasteiger partial charge in [0.1, 0.15) is 11.9 Å². The summed E-state index contributed by atoms with van der Waals surface area (Å²) in [6, 6.07) is 17.4. The Labute approximate surface area is 154 Å². The third-order valence-corrected chi connectivity index (χ3v) is 4.54. The lowest BCUT2D eigenvalue weighted by Gasteiger charge is -2.21. The third kappa shape index (κ3) is 3.85. The van der Waals surface area contributed by atoms with Gasteiger partial charge < -0.3 is 9.88 Å². The summed E-state index contributed by atoms with van der Waals surface area (Å²) in [6.45, 7) is 6.48. The summed E-state index contributed by atoms with van der Waals surface area (Å²) in [6.07, 6.45) is 3.63. The monoisotopic (exact) mass is 347 g/mol. The van der Waals surface area contributed by atoms with Gasteiger partial charge >= 0.3 is 0 Å². The number of aryl methyl sites for hydroxylation is 1. The van der Waals surface area contributed by atoms with Gasteiger partial charge in [0.05, 0.1) is 0 Å². The molecule has 1 heterocycles. The Kier molecular flexibility index (Phi) is 4.94. The summed E-state index contributed by atoms with van der Waals surface area (Å²) < 4.78 is 1.93. The highest BCUT2D eigenvalue weighted by Crippen LogP contribution is 2.23. The minimum absolute atomic E-state index is 0.0640. The molecule has 1 atom stereocenters. The molecule has 1 amide bonds. The summed E-state index contributed by atoms with van der Waals surface area (Å²) in [4.78, 5) is 17.3. The molecule has 26 heavy (non-hydrogen) atoms. The number of nitrogens with one attached hydrogen (secondary N) is 1. The maximum atomic E-state index is 12.8. The second-order valence-corrected chi connectivity index (χ2v) is 7.54. The molecule has 3 rings (SSSR count). The zero-order valence-corrected chi connectivity index (χ0v) is 15.7. The topological polar surface area (TPSA) is 46.9 Å². The molecular formula is C22H25N3O. The molecule has 4 nitrogen and oxygen atoms in total. The quantitative estimate of drug-likeness (QED) is 0.767. The van der Waals surface area contributed by atoms with Crippen molar-refractivity contribution in [3.05, 3.63) is 89.5 Å². The van der Waals surface area contributed by atoms with Crippen molar-refractivity contribution in [2.45, 2.75) is 32.2 Å². The van der Waals surface area contributed by atoms with E-state index in [1.807, 2.05) is 72.4 Å². The van der Waals surface area contributed by atoms with Crippen LogP contribution in [0, 0.1) is 0 Å². The number of amides is 1.